The van der Waals surface area contributed by atoms with Gasteiger partial charge in [-0.2, -0.15) is 11.8 Å². The van der Waals surface area contributed by atoms with Crippen LogP contribution >= 0.6 is 11.8 Å². The molecule has 0 unspecified atom stereocenters. The molecule has 0 spiro atoms. The molecule has 2 N–H and O–H groups in total. The molecule has 0 fully saturated rings. The van der Waals surface area contributed by atoms with Gasteiger partial charge < -0.3 is 10.4 Å². The van der Waals surface area contributed by atoms with Gasteiger partial charge in [0.15, 0.2) is 0 Å². The summed E-state index contributed by atoms with van der Waals surface area (Å²) in [6, 6.07) is 27.8. The van der Waals surface area contributed by atoms with Crippen LogP contribution in [0.3, 0.4) is 0 Å². The van der Waals surface area contributed by atoms with Gasteiger partial charge >= 0.3 is 24.8 Å². The van der Waals surface area contributed by atoms with Crippen LogP contribution < -0.4 is 5.32 Å². The molecule has 1 atom stereocenters. The van der Waals surface area contributed by atoms with Gasteiger partial charge in [-0.05, 0) is 82.9 Å². The Bertz CT molecular complexity index is 1380. The number of aryl methyl sites for hydroxylation is 3. The van der Waals surface area contributed by atoms with Crippen molar-refractivity contribution >= 4 is 53.3 Å². The minimum absolute atomic E-state index is 0. The van der Waals surface area contributed by atoms with Crippen LogP contribution in [0.15, 0.2) is 84.9 Å². The van der Waals surface area contributed by atoms with Crippen molar-refractivity contribution in [2.24, 2.45) is 0 Å². The fraction of sp³-hybridized carbons (Fsp3) is 0.226. The number of hydrogen-bond donors (Lipinski definition) is 2. The summed E-state index contributed by atoms with van der Waals surface area (Å²) in [5.41, 5.74) is 5.80. The maximum absolute atomic E-state index is 13.3. The van der Waals surface area contributed by atoms with Crippen LogP contribution in [0.2, 0.25) is 0 Å². The Morgan fingerprint density at radius 2 is 1.62 bits per heavy atom. The molecule has 4 aromatic rings. The second-order valence-corrected chi connectivity index (χ2v) is 9.96. The molecule has 0 aliphatic rings. The number of fused-ring (bicyclic) bond motifs is 1. The molecule has 0 aromatic heterocycles. The Labute approximate surface area is 235 Å². The van der Waals surface area contributed by atoms with Crippen LogP contribution in [0.1, 0.15) is 33.5 Å². The number of hydrogen-bond acceptors (Lipinski definition) is 3. The quantitative estimate of drug-likeness (QED) is 0.264. The number of carboxylic acids is 1. The van der Waals surface area contributed by atoms with Crippen molar-refractivity contribution in [3.8, 4) is 11.1 Å². The van der Waals surface area contributed by atoms with Gasteiger partial charge in [-0.15, -0.1) is 0 Å². The number of carbonyl (C=O) groups excluding carboxylic acids is 1. The van der Waals surface area contributed by atoms with Gasteiger partial charge in [-0.25, -0.2) is 4.79 Å². The van der Waals surface area contributed by atoms with E-state index in [4.69, 9.17) is 0 Å². The van der Waals surface area contributed by atoms with E-state index in [1.165, 1.54) is 16.3 Å². The van der Waals surface area contributed by atoms with E-state index in [1.807, 2.05) is 49.6 Å². The fourth-order valence-electron chi connectivity index (χ4n) is 4.56. The van der Waals surface area contributed by atoms with E-state index in [9.17, 15) is 14.7 Å². The second-order valence-electron chi connectivity index (χ2n) is 8.98. The first-order valence-corrected chi connectivity index (χ1v) is 13.6. The SMILES string of the molecule is CSCC[C@H](NC(=O)c1ccc(CCc2cccc3ccccc23)cc1-c1ccccc1C)C(=O)O.[LiH]. The van der Waals surface area contributed by atoms with Crippen molar-refractivity contribution in [3.63, 3.8) is 0 Å². The first-order chi connectivity index (χ1) is 17.5. The van der Waals surface area contributed by atoms with E-state index in [-0.39, 0.29) is 24.8 Å². The van der Waals surface area contributed by atoms with Gasteiger partial charge in [0.05, 0.1) is 0 Å². The summed E-state index contributed by atoms with van der Waals surface area (Å²) < 4.78 is 0. The zero-order valence-electron chi connectivity index (χ0n) is 20.7. The summed E-state index contributed by atoms with van der Waals surface area (Å²) in [7, 11) is 0. The van der Waals surface area contributed by atoms with Gasteiger partial charge in [0.1, 0.15) is 6.04 Å². The van der Waals surface area contributed by atoms with Crippen LogP contribution in [-0.4, -0.2) is 53.9 Å². The molecular weight excluding hydrogens is 473 g/mol. The van der Waals surface area contributed by atoms with Crippen molar-refractivity contribution in [3.05, 3.63) is 107 Å². The number of rotatable bonds is 10. The van der Waals surface area contributed by atoms with Crippen molar-refractivity contribution in [1.82, 2.24) is 5.32 Å². The normalized spacial score (nSPS) is 11.5. The molecule has 0 bridgehead atoms. The van der Waals surface area contributed by atoms with Crippen LogP contribution in [0.4, 0.5) is 0 Å². The molecule has 1 amide bonds. The molecule has 186 valence electrons. The zero-order valence-corrected chi connectivity index (χ0v) is 21.5. The summed E-state index contributed by atoms with van der Waals surface area (Å²) in [6.45, 7) is 2.03. The van der Waals surface area contributed by atoms with E-state index >= 15 is 0 Å². The Morgan fingerprint density at radius 3 is 2.38 bits per heavy atom. The second kappa shape index (κ2) is 13.5. The Kier molecular flexibility index (Phi) is 10.5. The van der Waals surface area contributed by atoms with E-state index in [2.05, 4.69) is 53.8 Å². The molecule has 4 nitrogen and oxygen atoms in total. The topological polar surface area (TPSA) is 66.4 Å². The number of aliphatic carboxylic acids is 1. The van der Waals surface area contributed by atoms with E-state index in [0.717, 1.165) is 35.1 Å². The van der Waals surface area contributed by atoms with Crippen molar-refractivity contribution in [1.29, 1.82) is 0 Å². The predicted octanol–water partition coefficient (Wildman–Crippen LogP) is 5.89. The molecule has 0 radical (unpaired) electrons. The predicted molar refractivity (Wildman–Crippen MR) is 157 cm³/mol. The van der Waals surface area contributed by atoms with Crippen LogP contribution in [0.5, 0.6) is 0 Å². The fourth-order valence-corrected chi connectivity index (χ4v) is 5.03. The number of carbonyl (C=O) groups is 2. The number of amides is 1. The first-order valence-electron chi connectivity index (χ1n) is 12.2. The summed E-state index contributed by atoms with van der Waals surface area (Å²) in [5.74, 6) is -0.710. The van der Waals surface area contributed by atoms with Gasteiger partial charge in [0.2, 0.25) is 0 Å². The monoisotopic (exact) mass is 505 g/mol. The Balaban J connectivity index is 0.00000380. The van der Waals surface area contributed by atoms with Gasteiger partial charge in [0, 0.05) is 5.56 Å². The summed E-state index contributed by atoms with van der Waals surface area (Å²) in [4.78, 5) is 25.0. The van der Waals surface area contributed by atoms with E-state index in [1.54, 1.807) is 11.8 Å². The Hall–Kier alpha value is -2.97. The average molecular weight is 506 g/mol. The third-order valence-corrected chi connectivity index (χ3v) is 7.18. The summed E-state index contributed by atoms with van der Waals surface area (Å²) in [5, 5.41) is 14.8. The van der Waals surface area contributed by atoms with Crippen LogP contribution in [0.25, 0.3) is 21.9 Å². The van der Waals surface area contributed by atoms with Crippen molar-refractivity contribution in [2.45, 2.75) is 32.2 Å². The van der Waals surface area contributed by atoms with E-state index < -0.39 is 12.0 Å². The average Bonchev–Trinajstić information content (AvgIpc) is 2.89. The molecule has 0 saturated heterocycles. The number of nitrogens with one attached hydrogen (secondary N) is 1. The van der Waals surface area contributed by atoms with Gasteiger partial charge in [-0.3, -0.25) is 4.79 Å². The molecular formula is C31H32LiNO3S. The zero-order chi connectivity index (χ0) is 25.5. The van der Waals surface area contributed by atoms with Crippen molar-refractivity contribution < 1.29 is 14.7 Å². The van der Waals surface area contributed by atoms with Gasteiger partial charge in [-0.1, -0.05) is 78.9 Å². The van der Waals surface area contributed by atoms with Crippen molar-refractivity contribution in [2.75, 3.05) is 12.0 Å². The number of carboxylic acid groups (broad SMARTS) is 1. The number of thioether (sulfide) groups is 1. The summed E-state index contributed by atoms with van der Waals surface area (Å²) >= 11 is 1.56. The molecule has 0 heterocycles. The molecule has 0 aliphatic heterocycles. The summed E-state index contributed by atoms with van der Waals surface area (Å²) in [6.07, 6.45) is 4.02. The van der Waals surface area contributed by atoms with Gasteiger partial charge in [0.25, 0.3) is 5.91 Å². The van der Waals surface area contributed by atoms with Crippen LogP contribution in [-0.2, 0) is 17.6 Å². The molecule has 0 saturated carbocycles. The minimum atomic E-state index is -1.01. The third kappa shape index (κ3) is 7.08. The Morgan fingerprint density at radius 1 is 0.892 bits per heavy atom. The first kappa shape index (κ1) is 28.6. The molecule has 0 aliphatic carbocycles. The maximum atomic E-state index is 13.3. The molecule has 37 heavy (non-hydrogen) atoms. The number of benzene rings is 4. The van der Waals surface area contributed by atoms with E-state index in [0.29, 0.717) is 17.7 Å². The molecule has 6 heteroatoms. The standard InChI is InChI=1S/C31H31NO3S.Li.H/c1-21-8-3-5-12-25(21)28-20-22(14-16-24-11-7-10-23-9-4-6-13-26(23)24)15-17-27(28)30(33)32-29(31(34)35)18-19-36-2;;/h3-13,15,17,20,29H,14,16,18-19H2,1-2H3,(H,32,33)(H,34,35);;/t29-;;/m0../s1. The molecule has 4 rings (SSSR count). The molecule has 4 aromatic carbocycles. The van der Waals surface area contributed by atoms with Crippen LogP contribution in [0, 0.1) is 6.92 Å². The third-order valence-electron chi connectivity index (χ3n) is 6.54.